The Bertz CT molecular complexity index is 1180. The second-order valence-electron chi connectivity index (χ2n) is 7.42. The third-order valence-electron chi connectivity index (χ3n) is 5.33. The fourth-order valence-electron chi connectivity index (χ4n) is 3.70. The quantitative estimate of drug-likeness (QED) is 0.425. The van der Waals surface area contributed by atoms with Crippen LogP contribution in [0.2, 0.25) is 0 Å². The molecule has 33 heavy (non-hydrogen) atoms. The molecule has 1 aliphatic heterocycles. The molecule has 0 spiro atoms. The van der Waals surface area contributed by atoms with Gasteiger partial charge in [0, 0.05) is 19.0 Å². The summed E-state index contributed by atoms with van der Waals surface area (Å²) in [4.78, 5) is 25.3. The molecule has 1 N–H and O–H groups in total. The number of aryl methyl sites for hydroxylation is 1. The Kier molecular flexibility index (Phi) is 6.23. The van der Waals surface area contributed by atoms with E-state index < -0.39 is 18.0 Å². The molecule has 0 aliphatic carbocycles. The molecule has 0 unspecified atom stereocenters. The van der Waals surface area contributed by atoms with E-state index in [0.29, 0.717) is 48.0 Å². The van der Waals surface area contributed by atoms with Gasteiger partial charge in [-0.25, -0.2) is 19.7 Å². The summed E-state index contributed by atoms with van der Waals surface area (Å²) >= 11 is 1.37. The van der Waals surface area contributed by atoms with Crippen molar-refractivity contribution in [1.82, 2.24) is 30.0 Å². The second kappa shape index (κ2) is 8.96. The Hall–Kier alpha value is -3.22. The molecule has 0 atom stereocenters. The number of hydrogen-bond acceptors (Lipinski definition) is 8. The maximum absolute atomic E-state index is 13.0. The molecule has 13 heteroatoms. The average molecular weight is 480 g/mol. The minimum Gasteiger partial charge on any atom is -0.465 e. The zero-order chi connectivity index (χ0) is 23.8. The molecule has 3 aromatic heterocycles. The molecule has 9 nitrogen and oxygen atoms in total. The Morgan fingerprint density at radius 3 is 2.48 bits per heavy atom. The first-order valence-corrected chi connectivity index (χ1v) is 11.2. The number of carboxylic acid groups (broad SMARTS) is 1. The fraction of sp³-hybridized carbons (Fsp3) is 0.400. The maximum atomic E-state index is 13.0. The van der Waals surface area contributed by atoms with E-state index in [4.69, 9.17) is 4.42 Å². The van der Waals surface area contributed by atoms with Crippen molar-refractivity contribution in [3.8, 4) is 23.0 Å². The summed E-state index contributed by atoms with van der Waals surface area (Å²) in [7, 11) is 0. The van der Waals surface area contributed by atoms with Gasteiger partial charge in [0.05, 0.1) is 17.0 Å². The van der Waals surface area contributed by atoms with E-state index in [0.717, 1.165) is 6.07 Å². The van der Waals surface area contributed by atoms with Gasteiger partial charge in [0.15, 0.2) is 5.16 Å². The molecule has 0 bridgehead atoms. The molecule has 1 saturated heterocycles. The number of halogens is 3. The predicted molar refractivity (Wildman–Crippen MR) is 112 cm³/mol. The number of rotatable bonds is 4. The lowest BCUT2D eigenvalue weighted by atomic mass is 9.90. The summed E-state index contributed by atoms with van der Waals surface area (Å²) in [5, 5.41) is 17.7. The lowest BCUT2D eigenvalue weighted by molar-refractivity contribution is -0.141. The van der Waals surface area contributed by atoms with Crippen molar-refractivity contribution >= 4 is 17.9 Å². The Balaban J connectivity index is 1.72. The van der Waals surface area contributed by atoms with Crippen LogP contribution in [0, 0.1) is 6.92 Å². The van der Waals surface area contributed by atoms with Crippen LogP contribution in [0.3, 0.4) is 0 Å². The summed E-state index contributed by atoms with van der Waals surface area (Å²) in [5.74, 6) is -0.147. The van der Waals surface area contributed by atoms with Crippen LogP contribution in [0.25, 0.3) is 23.0 Å². The summed E-state index contributed by atoms with van der Waals surface area (Å²) < 4.78 is 44.8. The second-order valence-corrected chi connectivity index (χ2v) is 8.19. The van der Waals surface area contributed by atoms with E-state index in [1.54, 1.807) is 6.92 Å². The van der Waals surface area contributed by atoms with Gasteiger partial charge in [-0.2, -0.15) is 13.2 Å². The highest BCUT2D eigenvalue weighted by Crippen LogP contribution is 2.37. The highest BCUT2D eigenvalue weighted by Gasteiger charge is 2.33. The average Bonchev–Trinajstić information content (AvgIpc) is 3.28. The summed E-state index contributed by atoms with van der Waals surface area (Å²) in [6, 6.07) is 3.44. The van der Waals surface area contributed by atoms with Gasteiger partial charge in [-0.1, -0.05) is 17.8 Å². The Morgan fingerprint density at radius 2 is 1.85 bits per heavy atom. The first-order valence-electron chi connectivity index (χ1n) is 9.96. The zero-order valence-electron chi connectivity index (χ0n) is 17.6. The molecule has 1 fully saturated rings. The number of likely N-dealkylation sites (tertiary alicyclic amines) is 1. The molecule has 0 saturated carbocycles. The smallest absolute Gasteiger partial charge is 0.433 e. The highest BCUT2D eigenvalue weighted by atomic mass is 32.2. The molecule has 0 radical (unpaired) electrons. The Labute approximate surface area is 190 Å². The lowest BCUT2D eigenvalue weighted by Crippen LogP contribution is -2.37. The van der Waals surface area contributed by atoms with Crippen LogP contribution in [0.4, 0.5) is 18.0 Å². The maximum Gasteiger partial charge on any atom is 0.433 e. The SMILES string of the molecule is CSc1nc(C)c(-c2nnc(-c3cccc(C(F)(F)F)n3)o2)c(C2CCN(C(=O)O)CC2)n1. The van der Waals surface area contributed by atoms with E-state index in [1.165, 1.54) is 28.8 Å². The fourth-order valence-corrected chi connectivity index (χ4v) is 4.12. The standard InChI is InChI=1S/C20H19F3N6O3S/c1-10-14(15(26-18(24-10)33-2)11-6-8-29(9-7-11)19(30)31)17-28-27-16(32-17)12-4-3-5-13(25-12)20(21,22)23/h3-5,11H,6-9H2,1-2H3,(H,30,31). The predicted octanol–water partition coefficient (Wildman–Crippen LogP) is 4.50. The van der Waals surface area contributed by atoms with Crippen LogP contribution < -0.4 is 0 Å². The minimum atomic E-state index is -4.60. The number of carbonyl (C=O) groups is 1. The number of nitrogens with zero attached hydrogens (tertiary/aromatic N) is 6. The zero-order valence-corrected chi connectivity index (χ0v) is 18.4. The topological polar surface area (TPSA) is 118 Å². The van der Waals surface area contributed by atoms with Gasteiger partial charge >= 0.3 is 12.3 Å². The van der Waals surface area contributed by atoms with Crippen molar-refractivity contribution in [2.75, 3.05) is 19.3 Å². The number of amides is 1. The lowest BCUT2D eigenvalue weighted by Gasteiger charge is -2.30. The van der Waals surface area contributed by atoms with E-state index in [-0.39, 0.29) is 23.4 Å². The van der Waals surface area contributed by atoms with Gasteiger partial charge in [0.25, 0.3) is 11.8 Å². The molecule has 1 aliphatic rings. The normalized spacial score (nSPS) is 15.1. The number of aromatic nitrogens is 5. The molecule has 3 aromatic rings. The van der Waals surface area contributed by atoms with E-state index >= 15 is 0 Å². The number of pyridine rings is 1. The van der Waals surface area contributed by atoms with Gasteiger partial charge in [-0.05, 0) is 38.2 Å². The molecular formula is C20H19F3N6O3S. The Morgan fingerprint density at radius 1 is 1.15 bits per heavy atom. The first-order chi connectivity index (χ1) is 15.7. The van der Waals surface area contributed by atoms with E-state index in [2.05, 4.69) is 25.1 Å². The highest BCUT2D eigenvalue weighted by molar-refractivity contribution is 7.98. The number of hydrogen-bond donors (Lipinski definition) is 1. The third kappa shape index (κ3) is 4.77. The molecule has 4 rings (SSSR count). The van der Waals surface area contributed by atoms with Crippen LogP contribution >= 0.6 is 11.8 Å². The van der Waals surface area contributed by atoms with Crippen molar-refractivity contribution in [1.29, 1.82) is 0 Å². The molecular weight excluding hydrogens is 461 g/mol. The van der Waals surface area contributed by atoms with Crippen LogP contribution in [-0.4, -0.2) is 60.6 Å². The minimum absolute atomic E-state index is 0.0646. The van der Waals surface area contributed by atoms with Crippen molar-refractivity contribution in [2.24, 2.45) is 0 Å². The number of thioether (sulfide) groups is 1. The van der Waals surface area contributed by atoms with Gasteiger partial charge in [0.1, 0.15) is 11.4 Å². The third-order valence-corrected chi connectivity index (χ3v) is 5.88. The van der Waals surface area contributed by atoms with E-state index in [1.807, 2.05) is 6.26 Å². The summed E-state index contributed by atoms with van der Waals surface area (Å²) in [6.07, 6.45) is -2.61. The van der Waals surface area contributed by atoms with E-state index in [9.17, 15) is 23.1 Å². The van der Waals surface area contributed by atoms with Crippen molar-refractivity contribution in [3.63, 3.8) is 0 Å². The van der Waals surface area contributed by atoms with Crippen molar-refractivity contribution in [2.45, 2.75) is 37.0 Å². The monoisotopic (exact) mass is 480 g/mol. The largest absolute Gasteiger partial charge is 0.465 e. The molecule has 174 valence electrons. The first kappa shape index (κ1) is 23.0. The number of alkyl halides is 3. The van der Waals surface area contributed by atoms with Crippen LogP contribution in [0.5, 0.6) is 0 Å². The van der Waals surface area contributed by atoms with Crippen molar-refractivity contribution < 1.29 is 27.5 Å². The summed E-state index contributed by atoms with van der Waals surface area (Å²) in [5.41, 5.74) is 0.585. The summed E-state index contributed by atoms with van der Waals surface area (Å²) in [6.45, 7) is 2.49. The van der Waals surface area contributed by atoms with Crippen LogP contribution in [0.15, 0.2) is 27.8 Å². The number of piperidine rings is 1. The van der Waals surface area contributed by atoms with Gasteiger partial charge in [-0.3, -0.25) is 0 Å². The van der Waals surface area contributed by atoms with Gasteiger partial charge in [-0.15, -0.1) is 10.2 Å². The molecule has 4 heterocycles. The van der Waals surface area contributed by atoms with Crippen LogP contribution in [-0.2, 0) is 6.18 Å². The van der Waals surface area contributed by atoms with Crippen molar-refractivity contribution in [3.05, 3.63) is 35.3 Å². The van der Waals surface area contributed by atoms with Gasteiger partial charge in [0.2, 0.25) is 0 Å². The molecule has 0 aromatic carbocycles. The molecule has 1 amide bonds. The van der Waals surface area contributed by atoms with Gasteiger partial charge < -0.3 is 14.4 Å². The van der Waals surface area contributed by atoms with Crippen LogP contribution in [0.1, 0.15) is 35.8 Å².